The zero-order valence-corrected chi connectivity index (χ0v) is 8.31. The van der Waals surface area contributed by atoms with Crippen LogP contribution in [0.3, 0.4) is 0 Å². The molecule has 1 aromatic rings. The van der Waals surface area contributed by atoms with Gasteiger partial charge in [-0.25, -0.2) is 9.99 Å². The van der Waals surface area contributed by atoms with Gasteiger partial charge in [-0.05, 0) is 13.0 Å². The Balaban J connectivity index is 2.94. The fraction of sp³-hybridized carbons (Fsp3) is 0.375. The quantitative estimate of drug-likeness (QED) is 0.580. The van der Waals surface area contributed by atoms with Crippen molar-refractivity contribution in [2.24, 2.45) is 0 Å². The Kier molecular flexibility index (Phi) is 2.98. The molecule has 0 atom stereocenters. The molecular formula is C8H12N4O2. The second-order valence-electron chi connectivity index (χ2n) is 3.06. The number of hydrazine groups is 1. The van der Waals surface area contributed by atoms with Gasteiger partial charge in [-0.3, -0.25) is 10.1 Å². The minimum Gasteiger partial charge on any atom is -0.304 e. The van der Waals surface area contributed by atoms with E-state index in [0.717, 1.165) is 0 Å². The fourth-order valence-corrected chi connectivity index (χ4v) is 1.04. The second kappa shape index (κ2) is 4.01. The lowest BCUT2D eigenvalue weighted by Crippen LogP contribution is -2.20. The third-order valence-electron chi connectivity index (χ3n) is 1.59. The van der Waals surface area contributed by atoms with E-state index in [4.69, 9.17) is 0 Å². The molecule has 0 saturated heterocycles. The maximum absolute atomic E-state index is 10.5. The van der Waals surface area contributed by atoms with Gasteiger partial charge in [-0.1, -0.05) is 0 Å². The maximum Gasteiger partial charge on any atom is 0.290 e. The lowest BCUT2D eigenvalue weighted by atomic mass is 10.3. The number of pyridine rings is 1. The molecule has 1 heterocycles. The van der Waals surface area contributed by atoms with Crippen molar-refractivity contribution in [2.75, 3.05) is 19.5 Å². The van der Waals surface area contributed by atoms with Crippen LogP contribution < -0.4 is 5.43 Å². The molecule has 0 aromatic carbocycles. The molecule has 76 valence electrons. The number of nitrogens with zero attached hydrogens (tertiary/aromatic N) is 3. The van der Waals surface area contributed by atoms with Gasteiger partial charge in [0.15, 0.2) is 0 Å². The molecule has 1 rings (SSSR count). The van der Waals surface area contributed by atoms with E-state index in [9.17, 15) is 10.1 Å². The van der Waals surface area contributed by atoms with E-state index in [-0.39, 0.29) is 5.69 Å². The van der Waals surface area contributed by atoms with Crippen LogP contribution in [0.1, 0.15) is 5.69 Å². The molecule has 0 aliphatic heterocycles. The molecule has 1 aromatic heterocycles. The molecule has 6 heteroatoms. The topological polar surface area (TPSA) is 71.3 Å². The van der Waals surface area contributed by atoms with Crippen molar-refractivity contribution in [3.05, 3.63) is 27.9 Å². The van der Waals surface area contributed by atoms with Gasteiger partial charge in [0.05, 0.1) is 4.92 Å². The summed E-state index contributed by atoms with van der Waals surface area (Å²) in [5.41, 5.74) is 3.35. The van der Waals surface area contributed by atoms with Crippen LogP contribution in [0.4, 0.5) is 11.5 Å². The molecule has 14 heavy (non-hydrogen) atoms. The fourth-order valence-electron chi connectivity index (χ4n) is 1.04. The first kappa shape index (κ1) is 10.4. The van der Waals surface area contributed by atoms with Crippen molar-refractivity contribution >= 4 is 11.5 Å². The summed E-state index contributed by atoms with van der Waals surface area (Å²) in [6.45, 7) is 1.61. The largest absolute Gasteiger partial charge is 0.304 e. The van der Waals surface area contributed by atoms with Crippen LogP contribution in [0, 0.1) is 17.0 Å². The lowest BCUT2D eigenvalue weighted by molar-refractivity contribution is -0.385. The summed E-state index contributed by atoms with van der Waals surface area (Å²) in [6, 6.07) is 3.01. The molecule has 0 unspecified atom stereocenters. The van der Waals surface area contributed by atoms with Gasteiger partial charge in [0.25, 0.3) is 5.69 Å². The predicted octanol–water partition coefficient (Wildman–Crippen LogP) is 1.19. The molecule has 0 aliphatic carbocycles. The molecule has 0 fully saturated rings. The number of hydrogen-bond acceptors (Lipinski definition) is 5. The Morgan fingerprint density at radius 1 is 1.50 bits per heavy atom. The highest BCUT2D eigenvalue weighted by molar-refractivity contribution is 5.44. The third-order valence-corrected chi connectivity index (χ3v) is 1.59. The zero-order chi connectivity index (χ0) is 10.7. The normalized spacial score (nSPS) is 10.3. The average molecular weight is 196 g/mol. The van der Waals surface area contributed by atoms with Crippen LogP contribution in [-0.4, -0.2) is 29.0 Å². The first-order chi connectivity index (χ1) is 6.50. The Hall–Kier alpha value is -1.69. The van der Waals surface area contributed by atoms with Crippen LogP contribution in [0.15, 0.2) is 12.1 Å². The summed E-state index contributed by atoms with van der Waals surface area (Å²) in [6.07, 6.45) is 0. The molecule has 0 saturated carbocycles. The van der Waals surface area contributed by atoms with Crippen molar-refractivity contribution in [1.29, 1.82) is 0 Å². The number of aromatic nitrogens is 1. The molecule has 0 spiro atoms. The zero-order valence-electron chi connectivity index (χ0n) is 8.31. The smallest absolute Gasteiger partial charge is 0.290 e. The number of hydrogen-bond donors (Lipinski definition) is 1. The molecule has 1 N–H and O–H groups in total. The molecule has 0 aliphatic rings. The van der Waals surface area contributed by atoms with E-state index in [2.05, 4.69) is 10.4 Å². The number of nitrogens with one attached hydrogen (secondary N) is 1. The minimum atomic E-state index is -0.443. The number of nitro groups is 1. The number of anilines is 1. The summed E-state index contributed by atoms with van der Waals surface area (Å²) in [5.74, 6) is 0.595. The van der Waals surface area contributed by atoms with Gasteiger partial charge in [0.2, 0.25) is 0 Å². The van der Waals surface area contributed by atoms with Gasteiger partial charge in [-0.15, -0.1) is 0 Å². The van der Waals surface area contributed by atoms with E-state index in [0.29, 0.717) is 11.5 Å². The van der Waals surface area contributed by atoms with Crippen molar-refractivity contribution in [1.82, 2.24) is 9.99 Å². The van der Waals surface area contributed by atoms with Crippen LogP contribution in [0.2, 0.25) is 0 Å². The summed E-state index contributed by atoms with van der Waals surface area (Å²) in [7, 11) is 3.64. The predicted molar refractivity (Wildman–Crippen MR) is 52.9 cm³/mol. The molecule has 0 radical (unpaired) electrons. The number of aryl methyl sites for hydroxylation is 1. The maximum atomic E-state index is 10.5. The SMILES string of the molecule is Cc1nc(NN(C)C)ccc1[N+](=O)[O-]. The van der Waals surface area contributed by atoms with E-state index < -0.39 is 4.92 Å². The Morgan fingerprint density at radius 3 is 2.57 bits per heavy atom. The van der Waals surface area contributed by atoms with Gasteiger partial charge < -0.3 is 5.43 Å². The van der Waals surface area contributed by atoms with Gasteiger partial charge in [-0.2, -0.15) is 0 Å². The highest BCUT2D eigenvalue weighted by Crippen LogP contribution is 2.17. The third kappa shape index (κ3) is 2.40. The minimum absolute atomic E-state index is 0.0364. The van der Waals surface area contributed by atoms with Crippen LogP contribution in [-0.2, 0) is 0 Å². The summed E-state index contributed by atoms with van der Waals surface area (Å²) in [4.78, 5) is 14.1. The van der Waals surface area contributed by atoms with Crippen molar-refractivity contribution in [2.45, 2.75) is 6.92 Å². The Bertz CT molecular complexity index is 351. The second-order valence-corrected chi connectivity index (χ2v) is 3.06. The highest BCUT2D eigenvalue weighted by atomic mass is 16.6. The Labute approximate surface area is 81.7 Å². The molecule has 0 bridgehead atoms. The molecule has 6 nitrogen and oxygen atoms in total. The van der Waals surface area contributed by atoms with E-state index in [1.807, 2.05) is 14.1 Å². The molecular weight excluding hydrogens is 184 g/mol. The van der Waals surface area contributed by atoms with Crippen molar-refractivity contribution in [3.8, 4) is 0 Å². The van der Waals surface area contributed by atoms with Crippen molar-refractivity contribution < 1.29 is 4.92 Å². The number of rotatable bonds is 3. The first-order valence-electron chi connectivity index (χ1n) is 4.06. The summed E-state index contributed by atoms with van der Waals surface area (Å²) >= 11 is 0. The van der Waals surface area contributed by atoms with Crippen molar-refractivity contribution in [3.63, 3.8) is 0 Å². The summed E-state index contributed by atoms with van der Waals surface area (Å²) < 4.78 is 0. The molecule has 0 amide bonds. The van der Waals surface area contributed by atoms with Crippen LogP contribution >= 0.6 is 0 Å². The lowest BCUT2D eigenvalue weighted by Gasteiger charge is -2.12. The van der Waals surface area contributed by atoms with Crippen LogP contribution in [0.5, 0.6) is 0 Å². The van der Waals surface area contributed by atoms with Gasteiger partial charge in [0.1, 0.15) is 11.5 Å². The van der Waals surface area contributed by atoms with Gasteiger partial charge >= 0.3 is 0 Å². The van der Waals surface area contributed by atoms with Crippen LogP contribution in [0.25, 0.3) is 0 Å². The van der Waals surface area contributed by atoms with E-state index in [1.54, 1.807) is 18.0 Å². The average Bonchev–Trinajstić information content (AvgIpc) is 2.01. The standard InChI is InChI=1S/C8H12N4O2/c1-6-7(12(13)14)4-5-8(9-6)10-11(2)3/h4-5H,1-3H3,(H,9,10). The Morgan fingerprint density at radius 2 is 2.14 bits per heavy atom. The highest BCUT2D eigenvalue weighted by Gasteiger charge is 2.11. The first-order valence-corrected chi connectivity index (χ1v) is 4.06. The monoisotopic (exact) mass is 196 g/mol. The van der Waals surface area contributed by atoms with E-state index >= 15 is 0 Å². The van der Waals surface area contributed by atoms with E-state index in [1.165, 1.54) is 6.07 Å². The summed E-state index contributed by atoms with van der Waals surface area (Å²) in [5, 5.41) is 12.2. The van der Waals surface area contributed by atoms with Gasteiger partial charge in [0, 0.05) is 20.2 Å².